The molecule has 0 saturated carbocycles. The van der Waals surface area contributed by atoms with Crippen molar-refractivity contribution in [3.63, 3.8) is 0 Å². The van der Waals surface area contributed by atoms with Gasteiger partial charge in [-0.3, -0.25) is 9.59 Å². The van der Waals surface area contributed by atoms with E-state index in [2.05, 4.69) is 10.1 Å². The number of carbonyl (C=O) groups excluding carboxylic acids is 2. The van der Waals surface area contributed by atoms with E-state index in [0.717, 1.165) is 5.56 Å². The first kappa shape index (κ1) is 19.8. The number of rotatable bonds is 9. The molecule has 0 aliphatic heterocycles. The van der Waals surface area contributed by atoms with Gasteiger partial charge >= 0.3 is 5.97 Å². The second-order valence-electron chi connectivity index (χ2n) is 5.74. The average Bonchev–Trinajstić information content (AvgIpc) is 2.66. The van der Waals surface area contributed by atoms with Gasteiger partial charge in [0, 0.05) is 23.6 Å². The van der Waals surface area contributed by atoms with Crippen molar-refractivity contribution in [2.24, 2.45) is 0 Å². The van der Waals surface area contributed by atoms with Crippen LogP contribution in [0.4, 0.5) is 0 Å². The van der Waals surface area contributed by atoms with Gasteiger partial charge in [-0.1, -0.05) is 29.8 Å². The van der Waals surface area contributed by atoms with E-state index < -0.39 is 0 Å². The first-order valence-corrected chi connectivity index (χ1v) is 8.78. The highest BCUT2D eigenvalue weighted by Crippen LogP contribution is 2.17. The van der Waals surface area contributed by atoms with Gasteiger partial charge in [-0.2, -0.15) is 0 Å². The molecule has 0 spiro atoms. The predicted octanol–water partition coefficient (Wildman–Crippen LogP) is 3.99. The quantitative estimate of drug-likeness (QED) is 0.531. The Morgan fingerprint density at radius 3 is 2.65 bits per heavy atom. The van der Waals surface area contributed by atoms with Gasteiger partial charge in [-0.25, -0.2) is 0 Å². The molecule has 0 atom stereocenters. The number of nitrogens with one attached hydrogen (secondary N) is 1. The largest absolute Gasteiger partial charge is 0.489 e. The van der Waals surface area contributed by atoms with Crippen molar-refractivity contribution in [3.8, 4) is 5.75 Å². The average molecular weight is 376 g/mol. The number of hydrogen-bond acceptors (Lipinski definition) is 4. The zero-order chi connectivity index (χ0) is 18.8. The second kappa shape index (κ2) is 10.5. The molecular weight excluding hydrogens is 354 g/mol. The smallest absolute Gasteiger partial charge is 0.305 e. The molecule has 1 N–H and O–H groups in total. The molecule has 0 aliphatic carbocycles. The van der Waals surface area contributed by atoms with Crippen LogP contribution in [-0.2, 0) is 16.1 Å². The van der Waals surface area contributed by atoms with Crippen LogP contribution in [-0.4, -0.2) is 25.5 Å². The first-order chi connectivity index (χ1) is 12.6. The lowest BCUT2D eigenvalue weighted by Crippen LogP contribution is -2.24. The predicted molar refractivity (Wildman–Crippen MR) is 100 cm³/mol. The van der Waals surface area contributed by atoms with Gasteiger partial charge in [0.2, 0.25) is 0 Å². The van der Waals surface area contributed by atoms with Gasteiger partial charge in [0.1, 0.15) is 12.4 Å². The van der Waals surface area contributed by atoms with Crippen molar-refractivity contribution >= 4 is 23.5 Å². The molecule has 0 heterocycles. The molecule has 2 rings (SSSR count). The fourth-order valence-electron chi connectivity index (χ4n) is 2.32. The number of halogens is 1. The highest BCUT2D eigenvalue weighted by molar-refractivity contribution is 6.30. The summed E-state index contributed by atoms with van der Waals surface area (Å²) in [6.45, 7) is 0.878. The molecule has 0 aromatic heterocycles. The Morgan fingerprint density at radius 2 is 1.88 bits per heavy atom. The number of benzene rings is 2. The van der Waals surface area contributed by atoms with Crippen LogP contribution in [0.3, 0.4) is 0 Å². The summed E-state index contributed by atoms with van der Waals surface area (Å²) in [7, 11) is 1.37. The number of unbranched alkanes of at least 4 members (excludes halogenated alkanes) is 1. The van der Waals surface area contributed by atoms with Crippen molar-refractivity contribution in [1.82, 2.24) is 5.32 Å². The zero-order valence-corrected chi connectivity index (χ0v) is 15.4. The topological polar surface area (TPSA) is 64.6 Å². The maximum Gasteiger partial charge on any atom is 0.305 e. The lowest BCUT2D eigenvalue weighted by atomic mass is 10.2. The number of hydrogen-bond donors (Lipinski definition) is 1. The van der Waals surface area contributed by atoms with E-state index in [1.807, 2.05) is 18.2 Å². The molecule has 0 saturated heterocycles. The molecule has 0 fully saturated rings. The molecule has 0 bridgehead atoms. The molecule has 5 nitrogen and oxygen atoms in total. The van der Waals surface area contributed by atoms with Crippen molar-refractivity contribution in [1.29, 1.82) is 0 Å². The van der Waals surface area contributed by atoms with Crippen LogP contribution in [0.25, 0.3) is 0 Å². The summed E-state index contributed by atoms with van der Waals surface area (Å²) >= 11 is 5.96. The van der Waals surface area contributed by atoms with E-state index in [1.165, 1.54) is 7.11 Å². The Labute approximate surface area is 158 Å². The fourth-order valence-corrected chi connectivity index (χ4v) is 2.53. The maximum atomic E-state index is 12.2. The van der Waals surface area contributed by atoms with Crippen molar-refractivity contribution in [2.45, 2.75) is 25.9 Å². The number of methoxy groups -OCH3 is 1. The van der Waals surface area contributed by atoms with Crippen LogP contribution in [0.5, 0.6) is 5.75 Å². The van der Waals surface area contributed by atoms with Crippen LogP contribution in [0.2, 0.25) is 5.02 Å². The molecular formula is C20H22ClNO4. The highest BCUT2D eigenvalue weighted by Gasteiger charge is 2.07. The standard InChI is InChI=1S/C20H22ClNO4/c1-25-19(23)10-2-3-11-22-20(24)16-7-5-9-18(13-16)26-14-15-6-4-8-17(21)12-15/h4-9,12-13H,2-3,10-11,14H2,1H3,(H,22,24). The summed E-state index contributed by atoms with van der Waals surface area (Å²) < 4.78 is 10.3. The van der Waals surface area contributed by atoms with Crippen molar-refractivity contribution in [2.75, 3.05) is 13.7 Å². The molecule has 0 unspecified atom stereocenters. The second-order valence-corrected chi connectivity index (χ2v) is 6.17. The number of ether oxygens (including phenoxy) is 2. The van der Waals surface area contributed by atoms with Crippen LogP contribution in [0.1, 0.15) is 35.2 Å². The SMILES string of the molecule is COC(=O)CCCCNC(=O)c1cccc(OCc2cccc(Cl)c2)c1. The molecule has 0 radical (unpaired) electrons. The lowest BCUT2D eigenvalue weighted by Gasteiger charge is -2.09. The Kier molecular flexibility index (Phi) is 7.96. The van der Waals surface area contributed by atoms with Crippen LogP contribution >= 0.6 is 11.6 Å². The fraction of sp³-hybridized carbons (Fsp3) is 0.300. The van der Waals surface area contributed by atoms with E-state index in [9.17, 15) is 9.59 Å². The minimum absolute atomic E-state index is 0.170. The van der Waals surface area contributed by atoms with E-state index in [1.54, 1.807) is 30.3 Å². The molecule has 2 aromatic carbocycles. The summed E-state index contributed by atoms with van der Waals surface area (Å²) in [5.74, 6) is 0.209. The third-order valence-electron chi connectivity index (χ3n) is 3.71. The summed E-state index contributed by atoms with van der Waals surface area (Å²) in [5.41, 5.74) is 1.49. The lowest BCUT2D eigenvalue weighted by molar-refractivity contribution is -0.140. The molecule has 6 heteroatoms. The highest BCUT2D eigenvalue weighted by atomic mass is 35.5. The van der Waals surface area contributed by atoms with Gasteiger partial charge in [-0.05, 0) is 48.7 Å². The van der Waals surface area contributed by atoms with E-state index in [0.29, 0.717) is 48.7 Å². The van der Waals surface area contributed by atoms with E-state index in [4.69, 9.17) is 16.3 Å². The zero-order valence-electron chi connectivity index (χ0n) is 14.7. The summed E-state index contributed by atoms with van der Waals surface area (Å²) in [5, 5.41) is 3.49. The number of carbonyl (C=O) groups is 2. The van der Waals surface area contributed by atoms with Gasteiger partial charge in [0.15, 0.2) is 0 Å². The third-order valence-corrected chi connectivity index (χ3v) is 3.95. The van der Waals surface area contributed by atoms with Gasteiger partial charge < -0.3 is 14.8 Å². The van der Waals surface area contributed by atoms with Crippen LogP contribution in [0, 0.1) is 0 Å². The minimum Gasteiger partial charge on any atom is -0.489 e. The maximum absolute atomic E-state index is 12.2. The molecule has 26 heavy (non-hydrogen) atoms. The number of amides is 1. The van der Waals surface area contributed by atoms with Crippen LogP contribution in [0.15, 0.2) is 48.5 Å². The van der Waals surface area contributed by atoms with Gasteiger partial charge in [-0.15, -0.1) is 0 Å². The Morgan fingerprint density at radius 1 is 1.08 bits per heavy atom. The summed E-state index contributed by atoms with van der Waals surface area (Å²) in [6.07, 6.45) is 1.75. The monoisotopic (exact) mass is 375 g/mol. The van der Waals surface area contributed by atoms with Gasteiger partial charge in [0.25, 0.3) is 5.91 Å². The molecule has 1 amide bonds. The van der Waals surface area contributed by atoms with E-state index in [-0.39, 0.29) is 11.9 Å². The Balaban J connectivity index is 1.80. The molecule has 0 aliphatic rings. The van der Waals surface area contributed by atoms with Crippen molar-refractivity contribution < 1.29 is 19.1 Å². The summed E-state index contributed by atoms with van der Waals surface area (Å²) in [6, 6.07) is 14.5. The van der Waals surface area contributed by atoms with Crippen LogP contribution < -0.4 is 10.1 Å². The number of esters is 1. The Bertz CT molecular complexity index is 748. The summed E-state index contributed by atoms with van der Waals surface area (Å²) in [4.78, 5) is 23.2. The molecule has 2 aromatic rings. The van der Waals surface area contributed by atoms with Crippen molar-refractivity contribution in [3.05, 3.63) is 64.7 Å². The first-order valence-electron chi connectivity index (χ1n) is 8.41. The minimum atomic E-state index is -0.235. The Hall–Kier alpha value is -2.53. The normalized spacial score (nSPS) is 10.2. The van der Waals surface area contributed by atoms with E-state index >= 15 is 0 Å². The van der Waals surface area contributed by atoms with Gasteiger partial charge in [0.05, 0.1) is 7.11 Å². The molecule has 138 valence electrons. The third kappa shape index (κ3) is 6.76.